The first kappa shape index (κ1) is 14.4. The summed E-state index contributed by atoms with van der Waals surface area (Å²) in [7, 11) is 0. The average Bonchev–Trinajstić information content (AvgIpc) is 2.61. The third-order valence-electron chi connectivity index (χ3n) is 5.56. The topological polar surface area (TPSA) is 42.0 Å². The molecule has 4 atom stereocenters. The summed E-state index contributed by atoms with van der Waals surface area (Å²) >= 11 is 0. The largest absolute Gasteiger partial charge is 0.347 e. The van der Waals surface area contributed by atoms with Crippen molar-refractivity contribution in [1.82, 2.24) is 10.3 Å². The van der Waals surface area contributed by atoms with Gasteiger partial charge in [0, 0.05) is 18.2 Å². The van der Waals surface area contributed by atoms with E-state index < -0.39 is 0 Å². The second-order valence-corrected chi connectivity index (χ2v) is 6.76. The van der Waals surface area contributed by atoms with Gasteiger partial charge in [0.1, 0.15) is 5.69 Å². The Morgan fingerprint density at radius 3 is 2.43 bits per heavy atom. The molecular weight excluding hydrogens is 284 g/mol. The van der Waals surface area contributed by atoms with Gasteiger partial charge in [0.25, 0.3) is 5.91 Å². The molecule has 1 N–H and O–H groups in total. The molecule has 0 saturated heterocycles. The van der Waals surface area contributed by atoms with Gasteiger partial charge in [-0.05, 0) is 42.4 Å². The number of hydrogen-bond acceptors (Lipinski definition) is 2. The second kappa shape index (κ2) is 6.15. The Labute approximate surface area is 137 Å². The Balaban J connectivity index is 1.56. The van der Waals surface area contributed by atoms with E-state index in [-0.39, 0.29) is 11.9 Å². The van der Waals surface area contributed by atoms with E-state index in [0.717, 1.165) is 5.92 Å². The third kappa shape index (κ3) is 2.65. The highest BCUT2D eigenvalue weighted by Gasteiger charge is 2.51. The second-order valence-electron chi connectivity index (χ2n) is 6.76. The standard InChI is InChI=1S/C20H22N2O/c23-20(17-12-6-7-13-21-17)22-19-16-11-5-4-10-15(16)18(19)14-8-2-1-3-9-14/h1-3,6-9,12-13,15-16,18-19H,4-5,10-11H2,(H,22,23)/t15-,16-,18+,19+/m1/s1. The fourth-order valence-corrected chi connectivity index (χ4v) is 4.52. The maximum absolute atomic E-state index is 12.5. The van der Waals surface area contributed by atoms with E-state index in [1.807, 2.05) is 12.1 Å². The molecule has 2 aliphatic carbocycles. The summed E-state index contributed by atoms with van der Waals surface area (Å²) in [5.41, 5.74) is 1.88. The summed E-state index contributed by atoms with van der Waals surface area (Å²) in [4.78, 5) is 16.7. The lowest BCUT2D eigenvalue weighted by Gasteiger charge is -2.55. The van der Waals surface area contributed by atoms with Crippen LogP contribution >= 0.6 is 0 Å². The van der Waals surface area contributed by atoms with Gasteiger partial charge < -0.3 is 5.32 Å². The lowest BCUT2D eigenvalue weighted by Crippen LogP contribution is -2.59. The number of nitrogens with one attached hydrogen (secondary N) is 1. The van der Waals surface area contributed by atoms with Crippen LogP contribution in [0.2, 0.25) is 0 Å². The number of rotatable bonds is 3. The number of carbonyl (C=O) groups excluding carboxylic acids is 1. The molecular formula is C20H22N2O. The Kier molecular flexibility index (Phi) is 3.86. The summed E-state index contributed by atoms with van der Waals surface area (Å²) in [6.45, 7) is 0. The highest BCUT2D eigenvalue weighted by molar-refractivity contribution is 5.92. The zero-order chi connectivity index (χ0) is 15.6. The number of hydrogen-bond donors (Lipinski definition) is 1. The maximum atomic E-state index is 12.5. The summed E-state index contributed by atoms with van der Waals surface area (Å²) in [6, 6.07) is 16.4. The molecule has 0 aliphatic heterocycles. The van der Waals surface area contributed by atoms with E-state index in [0.29, 0.717) is 17.5 Å². The van der Waals surface area contributed by atoms with Crippen LogP contribution in [-0.4, -0.2) is 16.9 Å². The van der Waals surface area contributed by atoms with Crippen molar-refractivity contribution in [2.75, 3.05) is 0 Å². The number of pyridine rings is 1. The number of carbonyl (C=O) groups is 1. The average molecular weight is 306 g/mol. The lowest BCUT2D eigenvalue weighted by molar-refractivity contribution is 0.0250. The van der Waals surface area contributed by atoms with E-state index in [1.54, 1.807) is 12.3 Å². The summed E-state index contributed by atoms with van der Waals surface area (Å²) in [5, 5.41) is 3.28. The van der Waals surface area contributed by atoms with Gasteiger partial charge in [-0.25, -0.2) is 0 Å². The van der Waals surface area contributed by atoms with Crippen molar-refractivity contribution in [3.05, 3.63) is 66.0 Å². The molecule has 3 heteroatoms. The minimum absolute atomic E-state index is 0.0412. The van der Waals surface area contributed by atoms with Gasteiger partial charge >= 0.3 is 0 Å². The van der Waals surface area contributed by atoms with Crippen molar-refractivity contribution in [1.29, 1.82) is 0 Å². The van der Waals surface area contributed by atoms with E-state index in [4.69, 9.17) is 0 Å². The fraction of sp³-hybridized carbons (Fsp3) is 0.400. The molecule has 2 aliphatic rings. The maximum Gasteiger partial charge on any atom is 0.270 e. The molecule has 0 spiro atoms. The Bertz CT molecular complexity index is 671. The number of fused-ring (bicyclic) bond motifs is 1. The molecule has 4 rings (SSSR count). The van der Waals surface area contributed by atoms with Crippen LogP contribution in [0.3, 0.4) is 0 Å². The third-order valence-corrected chi connectivity index (χ3v) is 5.56. The van der Waals surface area contributed by atoms with Crippen LogP contribution in [0.1, 0.15) is 47.7 Å². The normalized spacial score (nSPS) is 29.2. The van der Waals surface area contributed by atoms with Crippen molar-refractivity contribution in [3.63, 3.8) is 0 Å². The minimum Gasteiger partial charge on any atom is -0.347 e. The monoisotopic (exact) mass is 306 g/mol. The first-order valence-corrected chi connectivity index (χ1v) is 8.61. The Hall–Kier alpha value is -2.16. The molecule has 0 radical (unpaired) electrons. The summed E-state index contributed by atoms with van der Waals surface area (Å²) in [5.74, 6) is 1.76. The molecule has 2 saturated carbocycles. The van der Waals surface area contributed by atoms with Crippen molar-refractivity contribution in [2.45, 2.75) is 37.6 Å². The van der Waals surface area contributed by atoms with Crippen molar-refractivity contribution < 1.29 is 4.79 Å². The summed E-state index contributed by atoms with van der Waals surface area (Å²) in [6.07, 6.45) is 6.82. The smallest absolute Gasteiger partial charge is 0.270 e. The molecule has 0 unspecified atom stereocenters. The molecule has 2 aromatic rings. The van der Waals surface area contributed by atoms with E-state index in [9.17, 15) is 4.79 Å². The number of aromatic nitrogens is 1. The molecule has 1 amide bonds. The molecule has 3 nitrogen and oxygen atoms in total. The van der Waals surface area contributed by atoms with Crippen LogP contribution in [0, 0.1) is 11.8 Å². The van der Waals surface area contributed by atoms with Crippen LogP contribution in [0.25, 0.3) is 0 Å². The predicted octanol–water partition coefficient (Wildman–Crippen LogP) is 3.78. The minimum atomic E-state index is -0.0412. The molecule has 1 aromatic heterocycles. The highest BCUT2D eigenvalue weighted by Crippen LogP contribution is 2.54. The zero-order valence-corrected chi connectivity index (χ0v) is 13.2. The Morgan fingerprint density at radius 1 is 0.957 bits per heavy atom. The van der Waals surface area contributed by atoms with Gasteiger partial charge in [0.15, 0.2) is 0 Å². The van der Waals surface area contributed by atoms with Crippen LogP contribution in [0.4, 0.5) is 0 Å². The first-order valence-electron chi connectivity index (χ1n) is 8.61. The van der Waals surface area contributed by atoms with Crippen LogP contribution in [0.5, 0.6) is 0 Å². The fourth-order valence-electron chi connectivity index (χ4n) is 4.52. The van der Waals surface area contributed by atoms with Gasteiger partial charge in [0.2, 0.25) is 0 Å². The molecule has 2 fully saturated rings. The van der Waals surface area contributed by atoms with Gasteiger partial charge in [-0.2, -0.15) is 0 Å². The van der Waals surface area contributed by atoms with Crippen molar-refractivity contribution in [3.8, 4) is 0 Å². The SMILES string of the molecule is O=C(N[C@H]1[C@@H]2CCCC[C@H]2[C@@H]1c1ccccc1)c1ccccn1. The number of benzene rings is 1. The van der Waals surface area contributed by atoms with Crippen molar-refractivity contribution in [2.24, 2.45) is 11.8 Å². The van der Waals surface area contributed by atoms with E-state index in [1.165, 1.54) is 31.2 Å². The van der Waals surface area contributed by atoms with Crippen molar-refractivity contribution >= 4 is 5.91 Å². The van der Waals surface area contributed by atoms with Crippen LogP contribution < -0.4 is 5.32 Å². The summed E-state index contributed by atoms with van der Waals surface area (Å²) < 4.78 is 0. The quantitative estimate of drug-likeness (QED) is 0.937. The lowest BCUT2D eigenvalue weighted by atomic mass is 9.53. The molecule has 23 heavy (non-hydrogen) atoms. The highest BCUT2D eigenvalue weighted by atomic mass is 16.2. The van der Waals surface area contributed by atoms with E-state index in [2.05, 4.69) is 40.6 Å². The predicted molar refractivity (Wildman–Crippen MR) is 90.1 cm³/mol. The van der Waals surface area contributed by atoms with Crippen LogP contribution in [0.15, 0.2) is 54.7 Å². The zero-order valence-electron chi connectivity index (χ0n) is 13.2. The van der Waals surface area contributed by atoms with E-state index >= 15 is 0 Å². The molecule has 0 bridgehead atoms. The molecule has 118 valence electrons. The van der Waals surface area contributed by atoms with Gasteiger partial charge in [-0.3, -0.25) is 9.78 Å². The number of amides is 1. The van der Waals surface area contributed by atoms with Gasteiger partial charge in [-0.1, -0.05) is 49.2 Å². The Morgan fingerprint density at radius 2 is 1.70 bits per heavy atom. The van der Waals surface area contributed by atoms with Crippen LogP contribution in [-0.2, 0) is 0 Å². The molecule has 1 heterocycles. The van der Waals surface area contributed by atoms with Gasteiger partial charge in [-0.15, -0.1) is 0 Å². The number of nitrogens with zero attached hydrogens (tertiary/aromatic N) is 1. The molecule has 1 aromatic carbocycles. The van der Waals surface area contributed by atoms with Gasteiger partial charge in [0.05, 0.1) is 0 Å². The first-order chi connectivity index (χ1) is 11.3.